The fourth-order valence-electron chi connectivity index (χ4n) is 2.08. The Morgan fingerprint density at radius 1 is 1.36 bits per heavy atom. The highest BCUT2D eigenvalue weighted by molar-refractivity contribution is 5.68. The number of nitrogens with two attached hydrogens (primary N) is 1. The average molecular weight is 198 g/mol. The van der Waals surface area contributed by atoms with E-state index in [9.17, 15) is 4.79 Å². The molecule has 2 rings (SSSR count). The third-order valence-corrected chi connectivity index (χ3v) is 3.16. The van der Waals surface area contributed by atoms with Crippen LogP contribution in [-0.2, 0) is 4.74 Å². The molecule has 4 heteroatoms. The van der Waals surface area contributed by atoms with E-state index in [2.05, 4.69) is 0 Å². The van der Waals surface area contributed by atoms with Gasteiger partial charge in [-0.1, -0.05) is 0 Å². The lowest BCUT2D eigenvalue weighted by atomic mass is 9.82. The van der Waals surface area contributed by atoms with E-state index in [1.165, 1.54) is 0 Å². The van der Waals surface area contributed by atoms with E-state index in [-0.39, 0.29) is 12.2 Å². The Bertz CT molecular complexity index is 208. The molecule has 0 bridgehead atoms. The SMILES string of the molecule is NCC1CC(OC(=O)N2CCCC2)C1. The van der Waals surface area contributed by atoms with Gasteiger partial charge < -0.3 is 15.4 Å². The molecule has 1 aliphatic carbocycles. The first-order valence-electron chi connectivity index (χ1n) is 5.45. The maximum Gasteiger partial charge on any atom is 0.410 e. The highest BCUT2D eigenvalue weighted by atomic mass is 16.6. The highest BCUT2D eigenvalue weighted by Crippen LogP contribution is 2.29. The number of amides is 1. The predicted molar refractivity (Wildman–Crippen MR) is 52.9 cm³/mol. The molecule has 14 heavy (non-hydrogen) atoms. The molecule has 0 radical (unpaired) electrons. The molecule has 0 spiro atoms. The molecule has 4 nitrogen and oxygen atoms in total. The summed E-state index contributed by atoms with van der Waals surface area (Å²) in [4.78, 5) is 13.3. The Morgan fingerprint density at radius 2 is 2.00 bits per heavy atom. The molecule has 0 aromatic heterocycles. The highest BCUT2D eigenvalue weighted by Gasteiger charge is 2.32. The largest absolute Gasteiger partial charge is 0.446 e. The van der Waals surface area contributed by atoms with Gasteiger partial charge in [0.1, 0.15) is 6.10 Å². The first-order valence-corrected chi connectivity index (χ1v) is 5.45. The first-order chi connectivity index (χ1) is 6.79. The van der Waals surface area contributed by atoms with Gasteiger partial charge in [-0.05, 0) is 38.1 Å². The molecule has 0 unspecified atom stereocenters. The summed E-state index contributed by atoms with van der Waals surface area (Å²) >= 11 is 0. The standard InChI is InChI=1S/C10H18N2O2/c11-7-8-5-9(6-8)14-10(13)12-3-1-2-4-12/h8-9H,1-7,11H2. The lowest BCUT2D eigenvalue weighted by Gasteiger charge is -2.34. The maximum atomic E-state index is 11.5. The summed E-state index contributed by atoms with van der Waals surface area (Å²) in [5, 5.41) is 0. The Hall–Kier alpha value is -0.770. The number of carbonyl (C=O) groups excluding carboxylic acids is 1. The Kier molecular flexibility index (Phi) is 2.91. The van der Waals surface area contributed by atoms with E-state index in [0.29, 0.717) is 5.92 Å². The zero-order valence-electron chi connectivity index (χ0n) is 8.45. The molecule has 0 atom stereocenters. The van der Waals surface area contributed by atoms with Crippen LogP contribution in [0.2, 0.25) is 0 Å². The van der Waals surface area contributed by atoms with Gasteiger partial charge in [0.15, 0.2) is 0 Å². The average Bonchev–Trinajstić information content (AvgIpc) is 2.62. The number of nitrogens with zero attached hydrogens (tertiary/aromatic N) is 1. The van der Waals surface area contributed by atoms with Crippen LogP contribution in [0.1, 0.15) is 25.7 Å². The van der Waals surface area contributed by atoms with Crippen LogP contribution in [0.5, 0.6) is 0 Å². The Balaban J connectivity index is 1.68. The third kappa shape index (κ3) is 2.00. The zero-order chi connectivity index (χ0) is 9.97. The van der Waals surface area contributed by atoms with Crippen molar-refractivity contribution >= 4 is 6.09 Å². The van der Waals surface area contributed by atoms with Gasteiger partial charge in [0.25, 0.3) is 0 Å². The van der Waals surface area contributed by atoms with Crippen LogP contribution >= 0.6 is 0 Å². The molecule has 0 aromatic carbocycles. The zero-order valence-corrected chi connectivity index (χ0v) is 8.45. The molecule has 1 saturated heterocycles. The molecular weight excluding hydrogens is 180 g/mol. The van der Waals surface area contributed by atoms with Crippen LogP contribution in [0.25, 0.3) is 0 Å². The number of carbonyl (C=O) groups is 1. The van der Waals surface area contributed by atoms with Crippen LogP contribution in [0.15, 0.2) is 0 Å². The van der Waals surface area contributed by atoms with Crippen LogP contribution < -0.4 is 5.73 Å². The normalized spacial score (nSPS) is 31.4. The minimum absolute atomic E-state index is 0.122. The van der Waals surface area contributed by atoms with Crippen molar-refractivity contribution < 1.29 is 9.53 Å². The summed E-state index contributed by atoms with van der Waals surface area (Å²) in [6, 6.07) is 0. The topological polar surface area (TPSA) is 55.6 Å². The van der Waals surface area contributed by atoms with Gasteiger partial charge in [0, 0.05) is 13.1 Å². The van der Waals surface area contributed by atoms with Crippen LogP contribution in [0.4, 0.5) is 4.79 Å². The molecule has 80 valence electrons. The summed E-state index contributed by atoms with van der Waals surface area (Å²) in [6.45, 7) is 2.45. The molecule has 1 aliphatic heterocycles. The summed E-state index contributed by atoms with van der Waals surface area (Å²) in [7, 11) is 0. The number of likely N-dealkylation sites (tertiary alicyclic amines) is 1. The maximum absolute atomic E-state index is 11.5. The van der Waals surface area contributed by atoms with Crippen LogP contribution in [0, 0.1) is 5.92 Å². The van der Waals surface area contributed by atoms with Crippen molar-refractivity contribution in [2.24, 2.45) is 11.7 Å². The van der Waals surface area contributed by atoms with Crippen molar-refractivity contribution in [1.82, 2.24) is 4.90 Å². The molecular formula is C10H18N2O2. The van der Waals surface area contributed by atoms with Gasteiger partial charge in [-0.3, -0.25) is 0 Å². The molecule has 2 aliphatic rings. The Morgan fingerprint density at radius 3 is 2.57 bits per heavy atom. The second kappa shape index (κ2) is 4.17. The van der Waals surface area contributed by atoms with Crippen LogP contribution in [0.3, 0.4) is 0 Å². The van der Waals surface area contributed by atoms with Crippen molar-refractivity contribution in [3.8, 4) is 0 Å². The molecule has 2 N–H and O–H groups in total. The second-order valence-corrected chi connectivity index (χ2v) is 4.27. The smallest absolute Gasteiger partial charge is 0.410 e. The van der Waals surface area contributed by atoms with E-state index in [4.69, 9.17) is 10.5 Å². The number of rotatable bonds is 2. The molecule has 0 aromatic rings. The molecule has 1 amide bonds. The van der Waals surface area contributed by atoms with Gasteiger partial charge in [-0.25, -0.2) is 4.79 Å². The number of hydrogen-bond donors (Lipinski definition) is 1. The second-order valence-electron chi connectivity index (χ2n) is 4.27. The lowest BCUT2D eigenvalue weighted by molar-refractivity contribution is 0.00389. The van der Waals surface area contributed by atoms with Crippen molar-refractivity contribution in [2.45, 2.75) is 31.8 Å². The van der Waals surface area contributed by atoms with E-state index in [1.807, 2.05) is 0 Å². The summed E-state index contributed by atoms with van der Waals surface area (Å²) < 4.78 is 5.33. The minimum Gasteiger partial charge on any atom is -0.446 e. The van der Waals surface area contributed by atoms with Gasteiger partial charge >= 0.3 is 6.09 Å². The van der Waals surface area contributed by atoms with Crippen molar-refractivity contribution in [1.29, 1.82) is 0 Å². The first kappa shape index (κ1) is 9.77. The predicted octanol–water partition coefficient (Wildman–Crippen LogP) is 0.956. The van der Waals surface area contributed by atoms with Gasteiger partial charge in [-0.15, -0.1) is 0 Å². The fourth-order valence-corrected chi connectivity index (χ4v) is 2.08. The quantitative estimate of drug-likeness (QED) is 0.719. The van der Waals surface area contributed by atoms with Gasteiger partial charge in [0.05, 0.1) is 0 Å². The molecule has 1 saturated carbocycles. The summed E-state index contributed by atoms with van der Waals surface area (Å²) in [5.41, 5.74) is 5.50. The van der Waals surface area contributed by atoms with Gasteiger partial charge in [0.2, 0.25) is 0 Å². The lowest BCUT2D eigenvalue weighted by Crippen LogP contribution is -2.40. The Labute approximate surface area is 84.4 Å². The number of hydrogen-bond acceptors (Lipinski definition) is 3. The van der Waals surface area contributed by atoms with E-state index in [1.54, 1.807) is 4.90 Å². The van der Waals surface area contributed by atoms with Crippen molar-refractivity contribution in [3.63, 3.8) is 0 Å². The fraction of sp³-hybridized carbons (Fsp3) is 0.900. The number of ether oxygens (including phenoxy) is 1. The summed E-state index contributed by atoms with van der Waals surface area (Å²) in [5.74, 6) is 0.575. The van der Waals surface area contributed by atoms with Gasteiger partial charge in [-0.2, -0.15) is 0 Å². The van der Waals surface area contributed by atoms with Crippen molar-refractivity contribution in [2.75, 3.05) is 19.6 Å². The van der Waals surface area contributed by atoms with E-state index < -0.39 is 0 Å². The molecule has 1 heterocycles. The van der Waals surface area contributed by atoms with E-state index in [0.717, 1.165) is 45.3 Å². The summed E-state index contributed by atoms with van der Waals surface area (Å²) in [6.07, 6.45) is 4.15. The minimum atomic E-state index is -0.122. The van der Waals surface area contributed by atoms with Crippen molar-refractivity contribution in [3.05, 3.63) is 0 Å². The molecule has 2 fully saturated rings. The monoisotopic (exact) mass is 198 g/mol. The van der Waals surface area contributed by atoms with E-state index >= 15 is 0 Å². The van der Waals surface area contributed by atoms with Crippen LogP contribution in [-0.4, -0.2) is 36.7 Å². The third-order valence-electron chi connectivity index (χ3n) is 3.16.